The van der Waals surface area contributed by atoms with E-state index in [-0.39, 0.29) is 62.5 Å². The fourth-order valence-corrected chi connectivity index (χ4v) is 9.03. The molecule has 0 aromatic heterocycles. The summed E-state index contributed by atoms with van der Waals surface area (Å²) in [6.45, 7) is 0.540. The fourth-order valence-electron chi connectivity index (χ4n) is 8.84. The predicted octanol–water partition coefficient (Wildman–Crippen LogP) is 4.96. The first-order valence-corrected chi connectivity index (χ1v) is 31.7. The predicted molar refractivity (Wildman–Crippen MR) is 355 cm³/mol. The van der Waals surface area contributed by atoms with Crippen LogP contribution in [-0.4, -0.2) is 214 Å². The van der Waals surface area contributed by atoms with E-state index in [1.807, 2.05) is 74.1 Å². The van der Waals surface area contributed by atoms with Crippen LogP contribution in [0.25, 0.3) is 33.4 Å². The van der Waals surface area contributed by atoms with Gasteiger partial charge in [0.25, 0.3) is 0 Å². The number of nitrogens with zero attached hydrogens (tertiary/aromatic N) is 4. The van der Waals surface area contributed by atoms with E-state index in [0.29, 0.717) is 77.9 Å². The number of ether oxygens (including phenoxy) is 14. The number of unbranched alkanes of at least 4 members (excludes halogenated alkanes) is 3. The summed E-state index contributed by atoms with van der Waals surface area (Å²) in [6.07, 6.45) is 4.14. The van der Waals surface area contributed by atoms with Crippen molar-refractivity contribution in [1.29, 1.82) is 0 Å². The highest BCUT2D eigenvalue weighted by molar-refractivity contribution is 6.17. The van der Waals surface area contributed by atoms with Crippen molar-refractivity contribution in [3.05, 3.63) is 83.7 Å². The molecule has 1 aliphatic heterocycles. The second-order valence-electron chi connectivity index (χ2n) is 21.6. The summed E-state index contributed by atoms with van der Waals surface area (Å²) in [5, 5.41) is 4.23. The minimum Gasteiger partial charge on any atom is -0.488 e. The number of hydrogen-bond donors (Lipinski definition) is 1. The van der Waals surface area contributed by atoms with Crippen LogP contribution in [0.4, 0.5) is 17.1 Å². The average molecular weight is 1390 g/mol. The maximum absolute atomic E-state index is 13.5. The Morgan fingerprint density at radius 1 is 0.520 bits per heavy atom. The largest absolute Gasteiger partial charge is 0.488 e. The van der Waals surface area contributed by atoms with Gasteiger partial charge in [-0.05, 0) is 66.9 Å². The van der Waals surface area contributed by atoms with Crippen molar-refractivity contribution >= 4 is 93.3 Å². The van der Waals surface area contributed by atoms with Crippen LogP contribution in [0.1, 0.15) is 58.9 Å². The molecule has 1 N–H and O–H groups in total. The lowest BCUT2D eigenvalue weighted by Gasteiger charge is -2.27. The number of anilines is 3. The molecule has 0 saturated heterocycles. The van der Waals surface area contributed by atoms with E-state index in [2.05, 4.69) is 17.2 Å². The molecule has 1 heterocycles. The van der Waals surface area contributed by atoms with Crippen molar-refractivity contribution in [1.82, 2.24) is 9.89 Å². The van der Waals surface area contributed by atoms with Gasteiger partial charge in [-0.15, -0.1) is 11.6 Å². The molecule has 1 aliphatic carbocycles. The fraction of sp³-hybridized carbons (Fsp3) is 0.471. The minimum absolute atomic E-state index is 0.00291. The number of carbonyl (C=O) groups is 9. The highest BCUT2D eigenvalue weighted by Crippen LogP contribution is 2.43. The Morgan fingerprint density at radius 2 is 1.01 bits per heavy atom. The molecule has 0 saturated carbocycles. The summed E-state index contributed by atoms with van der Waals surface area (Å²) < 4.78 is 83.6. The van der Waals surface area contributed by atoms with Crippen molar-refractivity contribution in [3.63, 3.8) is 0 Å². The van der Waals surface area contributed by atoms with Gasteiger partial charge in [-0.25, -0.2) is 4.58 Å². The molecule has 5 rings (SSSR count). The van der Waals surface area contributed by atoms with E-state index >= 15 is 0 Å². The number of amides is 1. The number of fused-ring (bicyclic) bond motifs is 2. The average Bonchev–Trinajstić information content (AvgIpc) is 0.751. The molecule has 3 aromatic carbocycles. The van der Waals surface area contributed by atoms with Crippen molar-refractivity contribution in [2.45, 2.75) is 53.4 Å². The quantitative estimate of drug-likeness (QED) is 0.00787. The number of hydrogen-bond acceptors (Lipinski definition) is 27. The van der Waals surface area contributed by atoms with E-state index in [4.69, 9.17) is 82.3 Å². The van der Waals surface area contributed by atoms with Gasteiger partial charge in [0.15, 0.2) is 0 Å². The number of alkyl halides is 1. The first kappa shape index (κ1) is 79.0. The Bertz CT molecular complexity index is 3510. The molecule has 0 radical (unpaired) electrons. The number of halogens is 1. The van der Waals surface area contributed by atoms with Gasteiger partial charge in [-0.2, -0.15) is 0 Å². The molecule has 30 heteroatoms. The molecular formula is C68H85ClN5O24+. The van der Waals surface area contributed by atoms with Crippen LogP contribution in [0.5, 0.6) is 11.5 Å². The topological polar surface area (TPSA) is 321 Å². The maximum atomic E-state index is 13.5. The lowest BCUT2D eigenvalue weighted by molar-refractivity contribution is -0.167. The highest BCUT2D eigenvalue weighted by atomic mass is 35.5. The Labute approximate surface area is 572 Å². The summed E-state index contributed by atoms with van der Waals surface area (Å²) in [5.74, 6) is -0.0652. The van der Waals surface area contributed by atoms with E-state index in [9.17, 15) is 43.2 Å². The van der Waals surface area contributed by atoms with Gasteiger partial charge in [-0.3, -0.25) is 43.2 Å². The van der Waals surface area contributed by atoms with Crippen molar-refractivity contribution in [2.24, 2.45) is 0 Å². The second-order valence-corrected chi connectivity index (χ2v) is 21.9. The molecule has 0 atom stereocenters. The van der Waals surface area contributed by atoms with Crippen LogP contribution in [-0.2, 0) is 100.0 Å². The first-order chi connectivity index (χ1) is 47.1. The number of nitrogens with one attached hydrogen (secondary N) is 1. The molecule has 0 bridgehead atoms. The van der Waals surface area contributed by atoms with E-state index < -0.39 is 107 Å². The van der Waals surface area contributed by atoms with Crippen LogP contribution in [0.15, 0.2) is 77.2 Å². The third kappa shape index (κ3) is 29.3. The van der Waals surface area contributed by atoms with Crippen LogP contribution in [0, 0.1) is 11.8 Å². The molecule has 29 nitrogen and oxygen atoms in total. The van der Waals surface area contributed by atoms with E-state index in [1.165, 1.54) is 28.0 Å². The van der Waals surface area contributed by atoms with Gasteiger partial charge >= 0.3 is 47.8 Å². The molecule has 1 amide bonds. The zero-order chi connectivity index (χ0) is 71.2. The number of rotatable bonds is 43. The molecule has 532 valence electrons. The molecule has 3 aromatic rings. The zero-order valence-corrected chi connectivity index (χ0v) is 57.1. The number of benzene rings is 4. The third-order valence-electron chi connectivity index (χ3n) is 13.5. The molecule has 0 fully saturated rings. The van der Waals surface area contributed by atoms with Gasteiger partial charge in [0, 0.05) is 94.2 Å². The van der Waals surface area contributed by atoms with E-state index in [1.54, 1.807) is 18.2 Å². The summed E-state index contributed by atoms with van der Waals surface area (Å²) in [7, 11) is 7.60. The third-order valence-corrected chi connectivity index (χ3v) is 13.8. The summed E-state index contributed by atoms with van der Waals surface area (Å²) in [4.78, 5) is 117. The lowest BCUT2D eigenvalue weighted by atomic mass is 9.93. The summed E-state index contributed by atoms with van der Waals surface area (Å²) in [5.41, 5.74) is 3.94. The van der Waals surface area contributed by atoms with Crippen molar-refractivity contribution in [2.75, 3.05) is 175 Å². The van der Waals surface area contributed by atoms with Crippen molar-refractivity contribution in [3.8, 4) is 45.8 Å². The molecule has 0 spiro atoms. The van der Waals surface area contributed by atoms with Gasteiger partial charge in [0.2, 0.25) is 38.4 Å². The minimum atomic E-state index is -0.960. The Hall–Kier alpha value is -9.73. The SMILES string of the molecule is CC(=O)OCOC(=O)CN(CC(=O)OCOC(C)=O)c1ccc(C#CCNC(=O)COCCOCCOCCOCCCCCCCl)cc1OCCOc1cc(-c2c3ccc(=[N+](C)C)cc-3oc3cc(N(C)C)ccc23)ccc1N(CC(=O)OCOC(C)=O)CC(=O)OCOC(C)=O. The highest BCUT2D eigenvalue weighted by Gasteiger charge is 2.26. The van der Waals surface area contributed by atoms with Gasteiger partial charge in [-0.1, -0.05) is 30.7 Å². The standard InChI is InChI=1S/C68H84ClN5O24/c1-47(75)90-43-94-64(80)38-73(39-65(81)95-44-91-48(2)76)57-21-15-51(14-13-24-70-63(79)42-87-31-30-86-29-28-85-27-26-84-25-12-10-9-11-23-69)34-61(57)88-32-33-89-62-35-52(16-22-58(62)74(40-66(82)96-45-92-49(3)77)41-67(83)97-46-93-50(4)78)68-55-19-17-53(71(5)6)36-59(55)98-60-37-54(72(7)8)18-20-56(60)68/h15-22,34-37H,9-12,23-33,38-46H2,1-8H3/p+1. The zero-order valence-electron chi connectivity index (χ0n) is 56.4. The first-order valence-electron chi connectivity index (χ1n) is 31.1. The Kier molecular flexibility index (Phi) is 35.0. The number of carbonyl (C=O) groups excluding carboxylic acids is 9. The smallest absolute Gasteiger partial charge is 0.328 e. The molecule has 2 aliphatic rings. The number of esters is 8. The van der Waals surface area contributed by atoms with Gasteiger partial charge in [0.05, 0.1) is 63.6 Å². The van der Waals surface area contributed by atoms with E-state index in [0.717, 1.165) is 64.4 Å². The van der Waals surface area contributed by atoms with Crippen molar-refractivity contribution < 1.29 is 114 Å². The summed E-state index contributed by atoms with van der Waals surface area (Å²) in [6, 6.07) is 21.1. The normalized spacial score (nSPS) is 10.7. The van der Waals surface area contributed by atoms with Crippen LogP contribution in [0.3, 0.4) is 0 Å². The Morgan fingerprint density at radius 3 is 1.51 bits per heavy atom. The van der Waals surface area contributed by atoms with Gasteiger partial charge in [0.1, 0.15) is 82.9 Å². The van der Waals surface area contributed by atoms with Crippen LogP contribution < -0.4 is 39.4 Å². The second kappa shape index (κ2) is 43.4. The maximum Gasteiger partial charge on any atom is 0.328 e. The lowest BCUT2D eigenvalue weighted by Crippen LogP contribution is -2.37. The molecule has 0 unspecified atom stereocenters. The van der Waals surface area contributed by atoms with Gasteiger partial charge < -0.3 is 90.7 Å². The molecular weight excluding hydrogens is 1310 g/mol. The van der Waals surface area contributed by atoms with Crippen LogP contribution in [0.2, 0.25) is 0 Å². The van der Waals surface area contributed by atoms with Crippen LogP contribution >= 0.6 is 11.6 Å². The monoisotopic (exact) mass is 1390 g/mol. The molecule has 98 heavy (non-hydrogen) atoms. The summed E-state index contributed by atoms with van der Waals surface area (Å²) >= 11 is 5.71. The Balaban J connectivity index is 1.47.